The third kappa shape index (κ3) is 4.01. The van der Waals surface area contributed by atoms with Crippen LogP contribution in [0.5, 0.6) is 0 Å². The van der Waals surface area contributed by atoms with Crippen LogP contribution in [-0.4, -0.2) is 21.3 Å². The first-order chi connectivity index (χ1) is 12.9. The Hall–Kier alpha value is -1.15. The highest BCUT2D eigenvalue weighted by atomic mass is 79.9. The summed E-state index contributed by atoms with van der Waals surface area (Å²) in [5.41, 5.74) is 9.23. The van der Waals surface area contributed by atoms with Gasteiger partial charge in [-0.25, -0.2) is 8.91 Å². The number of nitrogens with one attached hydrogen (secondary N) is 1. The molecule has 0 unspecified atom stereocenters. The fraction of sp³-hybridized carbons (Fsp3) is 0.421. The van der Waals surface area contributed by atoms with E-state index in [1.165, 1.54) is 4.88 Å². The van der Waals surface area contributed by atoms with Gasteiger partial charge in [0.25, 0.3) is 0 Å². The highest BCUT2D eigenvalue weighted by molar-refractivity contribution is 9.10. The molecule has 0 spiro atoms. The van der Waals surface area contributed by atoms with Crippen molar-refractivity contribution >= 4 is 50.1 Å². The molecular formula is C19H21BrClFN4S. The Labute approximate surface area is 175 Å². The van der Waals surface area contributed by atoms with E-state index in [4.69, 9.17) is 17.3 Å². The molecule has 0 aromatic carbocycles. The molecule has 0 saturated heterocycles. The molecule has 4 rings (SSSR count). The van der Waals surface area contributed by atoms with Gasteiger partial charge in [-0.1, -0.05) is 17.7 Å². The summed E-state index contributed by atoms with van der Waals surface area (Å²) in [6.07, 6.45) is 2.27. The van der Waals surface area contributed by atoms with E-state index in [1.54, 1.807) is 15.9 Å². The summed E-state index contributed by atoms with van der Waals surface area (Å²) < 4.78 is 16.7. The first-order valence-corrected chi connectivity index (χ1v) is 11.0. The largest absolute Gasteiger partial charge is 0.378 e. The van der Waals surface area contributed by atoms with Crippen LogP contribution in [0.15, 0.2) is 28.2 Å². The molecular weight excluding hydrogens is 451 g/mol. The summed E-state index contributed by atoms with van der Waals surface area (Å²) in [6, 6.07) is 5.75. The number of aromatic nitrogens is 2. The van der Waals surface area contributed by atoms with Crippen LogP contribution >= 0.6 is 38.9 Å². The smallest absolute Gasteiger partial charge is 0.152 e. The number of aryl methyl sites for hydroxylation is 1. The predicted molar refractivity (Wildman–Crippen MR) is 114 cm³/mol. The molecule has 0 amide bonds. The second-order valence-corrected chi connectivity index (χ2v) is 9.46. The van der Waals surface area contributed by atoms with Crippen molar-refractivity contribution in [2.45, 2.75) is 50.9 Å². The molecule has 1 saturated carbocycles. The lowest BCUT2D eigenvalue weighted by Crippen LogP contribution is -2.27. The minimum atomic E-state index is -1.05. The lowest BCUT2D eigenvalue weighted by molar-refractivity contribution is 0.270. The Bertz CT molecular complexity index is 968. The highest BCUT2D eigenvalue weighted by Crippen LogP contribution is 2.44. The molecule has 8 heteroatoms. The van der Waals surface area contributed by atoms with E-state index in [0.717, 1.165) is 33.5 Å². The van der Waals surface area contributed by atoms with Crippen molar-refractivity contribution in [1.29, 1.82) is 0 Å². The van der Waals surface area contributed by atoms with E-state index in [-0.39, 0.29) is 6.04 Å². The second kappa shape index (κ2) is 7.35. The Morgan fingerprint density at radius 3 is 2.96 bits per heavy atom. The van der Waals surface area contributed by atoms with Gasteiger partial charge in [0.15, 0.2) is 5.15 Å². The number of nitrogens with zero attached hydrogens (tertiary/aromatic N) is 2. The van der Waals surface area contributed by atoms with E-state index < -0.39 is 5.67 Å². The van der Waals surface area contributed by atoms with Crippen LogP contribution < -0.4 is 11.1 Å². The molecule has 3 heterocycles. The van der Waals surface area contributed by atoms with E-state index in [1.807, 2.05) is 12.1 Å². The fourth-order valence-electron chi connectivity index (χ4n) is 3.52. The third-order valence-electron chi connectivity index (χ3n) is 5.09. The summed E-state index contributed by atoms with van der Waals surface area (Å²) in [7, 11) is 0. The van der Waals surface area contributed by atoms with Gasteiger partial charge in [0.1, 0.15) is 10.3 Å². The average molecular weight is 472 g/mol. The maximum atomic E-state index is 14.1. The van der Waals surface area contributed by atoms with Gasteiger partial charge in [0.2, 0.25) is 0 Å². The van der Waals surface area contributed by atoms with Crippen LogP contribution in [0, 0.1) is 6.92 Å². The van der Waals surface area contributed by atoms with E-state index in [9.17, 15) is 4.39 Å². The van der Waals surface area contributed by atoms with E-state index in [2.05, 4.69) is 44.7 Å². The van der Waals surface area contributed by atoms with Gasteiger partial charge < -0.3 is 11.1 Å². The van der Waals surface area contributed by atoms with E-state index >= 15 is 0 Å². The Morgan fingerprint density at radius 2 is 2.30 bits per heavy atom. The average Bonchev–Trinajstić information content (AvgIpc) is 3.04. The number of nitrogens with two attached hydrogens (primary N) is 1. The zero-order valence-corrected chi connectivity index (χ0v) is 18.1. The van der Waals surface area contributed by atoms with Gasteiger partial charge >= 0.3 is 0 Å². The summed E-state index contributed by atoms with van der Waals surface area (Å²) in [6.45, 7) is 2.77. The topological polar surface area (TPSA) is 55.4 Å². The van der Waals surface area contributed by atoms with Crippen molar-refractivity contribution < 1.29 is 4.39 Å². The Balaban J connectivity index is 1.65. The van der Waals surface area contributed by atoms with Gasteiger partial charge in [-0.3, -0.25) is 0 Å². The standard InChI is InChI=1S/C19H21BrClFN4S/c1-11-14(7-12(23)9-19(22)4-5-19)18(20)26-17(11)15(8-16(21)25-26)24-10-13-3-2-6-27-13/h2-3,6,8,12,24H,4-5,7,9-10,23H2,1H3/t12-/m1/s1. The maximum Gasteiger partial charge on any atom is 0.152 e. The minimum absolute atomic E-state index is 0.220. The molecule has 3 aromatic rings. The molecule has 0 radical (unpaired) electrons. The van der Waals surface area contributed by atoms with Crippen LogP contribution in [0.4, 0.5) is 10.1 Å². The van der Waals surface area contributed by atoms with Crippen molar-refractivity contribution in [2.75, 3.05) is 5.32 Å². The van der Waals surface area contributed by atoms with Crippen molar-refractivity contribution in [3.63, 3.8) is 0 Å². The molecule has 1 fully saturated rings. The highest BCUT2D eigenvalue weighted by Gasteiger charge is 2.44. The van der Waals surface area contributed by atoms with Crippen LogP contribution in [-0.2, 0) is 13.0 Å². The predicted octanol–water partition coefficient (Wildman–Crippen LogP) is 5.49. The van der Waals surface area contributed by atoms with Crippen LogP contribution in [0.1, 0.15) is 35.3 Å². The molecule has 27 heavy (non-hydrogen) atoms. The quantitative estimate of drug-likeness (QED) is 0.479. The van der Waals surface area contributed by atoms with Gasteiger partial charge in [0, 0.05) is 23.5 Å². The molecule has 1 atom stereocenters. The van der Waals surface area contributed by atoms with Gasteiger partial charge in [0.05, 0.1) is 11.2 Å². The fourth-order valence-corrected chi connectivity index (χ4v) is 5.06. The zero-order valence-electron chi connectivity index (χ0n) is 14.9. The Morgan fingerprint density at radius 1 is 1.52 bits per heavy atom. The number of alkyl halides is 1. The normalized spacial score (nSPS) is 16.6. The first-order valence-electron chi connectivity index (χ1n) is 8.93. The second-order valence-electron chi connectivity index (χ2n) is 7.29. The number of anilines is 1. The maximum absolute atomic E-state index is 14.1. The molecule has 3 N–H and O–H groups in total. The molecule has 0 aliphatic heterocycles. The molecule has 1 aliphatic rings. The number of halogens is 3. The summed E-state index contributed by atoms with van der Waals surface area (Å²) in [5, 5.41) is 10.4. The van der Waals surface area contributed by atoms with Gasteiger partial charge in [-0.2, -0.15) is 5.10 Å². The lowest BCUT2D eigenvalue weighted by atomic mass is 10.00. The number of fused-ring (bicyclic) bond motifs is 1. The molecule has 0 bridgehead atoms. The molecule has 1 aliphatic carbocycles. The van der Waals surface area contributed by atoms with Crippen LogP contribution in [0.3, 0.4) is 0 Å². The van der Waals surface area contributed by atoms with Gasteiger partial charge in [-0.05, 0) is 71.1 Å². The van der Waals surface area contributed by atoms with Crippen molar-refractivity contribution in [2.24, 2.45) is 5.73 Å². The number of thiophene rings is 1. The molecule has 144 valence electrons. The number of rotatable bonds is 7. The zero-order chi connectivity index (χ0) is 19.2. The van der Waals surface area contributed by atoms with Crippen LogP contribution in [0.2, 0.25) is 5.15 Å². The summed E-state index contributed by atoms with van der Waals surface area (Å²) >= 11 is 11.6. The SMILES string of the molecule is Cc1c(C[C@@H](N)CC2(F)CC2)c(Br)n2nc(Cl)cc(NCc3cccs3)c12. The third-order valence-corrected chi connectivity index (χ3v) is 6.96. The Kier molecular flexibility index (Phi) is 5.22. The van der Waals surface area contributed by atoms with Crippen LogP contribution in [0.25, 0.3) is 5.52 Å². The summed E-state index contributed by atoms with van der Waals surface area (Å²) in [4.78, 5) is 1.24. The monoisotopic (exact) mass is 470 g/mol. The van der Waals surface area contributed by atoms with Crippen molar-refractivity contribution in [1.82, 2.24) is 9.61 Å². The molecule has 3 aromatic heterocycles. The minimum Gasteiger partial charge on any atom is -0.378 e. The number of hydrogen-bond acceptors (Lipinski definition) is 4. The van der Waals surface area contributed by atoms with Crippen molar-refractivity contribution in [3.8, 4) is 0 Å². The first kappa shape index (κ1) is 19.2. The molecule has 4 nitrogen and oxygen atoms in total. The van der Waals surface area contributed by atoms with E-state index in [0.29, 0.717) is 30.8 Å². The van der Waals surface area contributed by atoms with Crippen molar-refractivity contribution in [3.05, 3.63) is 49.3 Å². The number of hydrogen-bond donors (Lipinski definition) is 2. The lowest BCUT2D eigenvalue weighted by Gasteiger charge is -2.14. The summed E-state index contributed by atoms with van der Waals surface area (Å²) in [5.74, 6) is 0. The van der Waals surface area contributed by atoms with Gasteiger partial charge in [-0.15, -0.1) is 11.3 Å².